The summed E-state index contributed by atoms with van der Waals surface area (Å²) in [6, 6.07) is 10.9. The van der Waals surface area contributed by atoms with Crippen molar-refractivity contribution in [3.63, 3.8) is 0 Å². The summed E-state index contributed by atoms with van der Waals surface area (Å²) in [5.41, 5.74) is 1.72. The predicted molar refractivity (Wildman–Crippen MR) is 105 cm³/mol. The van der Waals surface area contributed by atoms with E-state index in [1.807, 2.05) is 24.3 Å². The molecule has 0 unspecified atom stereocenters. The molecular formula is C22H24O7. The molecule has 1 fully saturated rings. The molecule has 0 bridgehead atoms. The van der Waals surface area contributed by atoms with Gasteiger partial charge < -0.3 is 23.7 Å². The molecule has 1 saturated heterocycles. The molecule has 2 aromatic carbocycles. The summed E-state index contributed by atoms with van der Waals surface area (Å²) < 4.78 is 26.1. The number of ether oxygens (including phenoxy) is 5. The fourth-order valence-electron chi connectivity index (χ4n) is 3.55. The molecule has 0 radical (unpaired) electrons. The van der Waals surface area contributed by atoms with E-state index in [-0.39, 0.29) is 0 Å². The number of cyclic esters (lactones) is 2. The van der Waals surface area contributed by atoms with E-state index >= 15 is 0 Å². The molecule has 0 spiro atoms. The van der Waals surface area contributed by atoms with Crippen LogP contribution in [0.1, 0.15) is 11.1 Å². The molecule has 2 aromatic rings. The lowest BCUT2D eigenvalue weighted by atomic mass is 9.84. The van der Waals surface area contributed by atoms with Crippen molar-refractivity contribution in [1.82, 2.24) is 0 Å². The first-order valence-corrected chi connectivity index (χ1v) is 9.18. The second-order valence-electron chi connectivity index (χ2n) is 6.74. The number of carbonyl (C=O) groups is 2. The van der Waals surface area contributed by atoms with Crippen molar-refractivity contribution < 1.29 is 33.3 Å². The summed E-state index contributed by atoms with van der Waals surface area (Å²) in [6.07, 6.45) is 0.728. The Morgan fingerprint density at radius 1 is 0.655 bits per heavy atom. The highest BCUT2D eigenvalue weighted by Gasteiger charge is 2.44. The lowest BCUT2D eigenvalue weighted by molar-refractivity contribution is -0.153. The Bertz CT molecular complexity index is 833. The van der Waals surface area contributed by atoms with Gasteiger partial charge >= 0.3 is 11.9 Å². The average molecular weight is 400 g/mol. The van der Waals surface area contributed by atoms with Crippen molar-refractivity contribution in [2.45, 2.75) is 12.8 Å². The highest BCUT2D eigenvalue weighted by molar-refractivity contribution is 5.96. The molecule has 1 aliphatic rings. The molecule has 0 aliphatic carbocycles. The van der Waals surface area contributed by atoms with Gasteiger partial charge in [-0.2, -0.15) is 0 Å². The zero-order chi connectivity index (χ0) is 21.0. The van der Waals surface area contributed by atoms with Crippen LogP contribution in [-0.4, -0.2) is 40.4 Å². The summed E-state index contributed by atoms with van der Waals surface area (Å²) in [5.74, 6) is 0.178. The molecule has 1 aliphatic heterocycles. The molecule has 3 rings (SSSR count). The van der Waals surface area contributed by atoms with Gasteiger partial charge in [-0.1, -0.05) is 12.1 Å². The number of hydrogen-bond donors (Lipinski definition) is 0. The van der Waals surface area contributed by atoms with Crippen LogP contribution in [0.4, 0.5) is 0 Å². The van der Waals surface area contributed by atoms with E-state index in [1.165, 1.54) is 0 Å². The van der Waals surface area contributed by atoms with Crippen molar-refractivity contribution in [2.75, 3.05) is 28.4 Å². The number of esters is 2. The Balaban J connectivity index is 1.83. The van der Waals surface area contributed by atoms with Gasteiger partial charge in [0.25, 0.3) is 0 Å². The Morgan fingerprint density at radius 3 is 1.38 bits per heavy atom. The predicted octanol–water partition coefficient (Wildman–Crippen LogP) is 2.82. The van der Waals surface area contributed by atoms with Crippen LogP contribution in [-0.2, 0) is 27.2 Å². The molecule has 0 saturated carbocycles. The van der Waals surface area contributed by atoms with Gasteiger partial charge in [0.2, 0.25) is 0 Å². The summed E-state index contributed by atoms with van der Waals surface area (Å²) in [6.45, 7) is 0. The van der Waals surface area contributed by atoms with Gasteiger partial charge in [0.1, 0.15) is 0 Å². The number of benzene rings is 2. The summed E-state index contributed by atoms with van der Waals surface area (Å²) in [7, 11) is 6.22. The fourth-order valence-corrected chi connectivity index (χ4v) is 3.55. The third-order valence-electron chi connectivity index (χ3n) is 5.10. The molecular weight excluding hydrogens is 376 g/mol. The maximum absolute atomic E-state index is 12.3. The number of hydrogen-bond acceptors (Lipinski definition) is 7. The molecule has 0 N–H and O–H groups in total. The minimum atomic E-state index is -0.575. The van der Waals surface area contributed by atoms with Crippen molar-refractivity contribution in [1.29, 1.82) is 0 Å². The molecule has 7 nitrogen and oxygen atoms in total. The monoisotopic (exact) mass is 400 g/mol. The van der Waals surface area contributed by atoms with Gasteiger partial charge in [0.05, 0.1) is 40.3 Å². The Kier molecular flexibility index (Phi) is 6.26. The van der Waals surface area contributed by atoms with Crippen molar-refractivity contribution in [2.24, 2.45) is 11.8 Å². The number of rotatable bonds is 8. The fraction of sp³-hybridized carbons (Fsp3) is 0.364. The van der Waals surface area contributed by atoms with Gasteiger partial charge in [0.15, 0.2) is 23.0 Å². The topological polar surface area (TPSA) is 80.3 Å². The van der Waals surface area contributed by atoms with Crippen LogP contribution in [0.15, 0.2) is 36.4 Å². The third-order valence-corrected chi connectivity index (χ3v) is 5.10. The normalized spacial score (nSPS) is 18.3. The van der Waals surface area contributed by atoms with Gasteiger partial charge in [-0.15, -0.1) is 0 Å². The van der Waals surface area contributed by atoms with E-state index in [4.69, 9.17) is 23.7 Å². The van der Waals surface area contributed by atoms with E-state index < -0.39 is 23.8 Å². The van der Waals surface area contributed by atoms with Crippen LogP contribution in [0, 0.1) is 11.8 Å². The SMILES string of the molecule is COc1ccc(C[C@@H]2C(=O)OC(=O)[C@@H]2Cc2ccc(OC)c(OC)c2)cc1OC. The Hall–Kier alpha value is -3.22. The molecule has 154 valence electrons. The number of carbonyl (C=O) groups excluding carboxylic acids is 2. The van der Waals surface area contributed by atoms with E-state index in [1.54, 1.807) is 40.6 Å². The highest BCUT2D eigenvalue weighted by Crippen LogP contribution is 2.35. The Morgan fingerprint density at radius 2 is 1.03 bits per heavy atom. The highest BCUT2D eigenvalue weighted by atomic mass is 16.6. The van der Waals surface area contributed by atoms with E-state index in [2.05, 4.69) is 0 Å². The van der Waals surface area contributed by atoms with Crippen molar-refractivity contribution in [3.05, 3.63) is 47.5 Å². The number of methoxy groups -OCH3 is 4. The maximum Gasteiger partial charge on any atom is 0.317 e. The Labute approximate surface area is 169 Å². The lowest BCUT2D eigenvalue weighted by Crippen LogP contribution is -2.22. The molecule has 0 amide bonds. The maximum atomic E-state index is 12.3. The largest absolute Gasteiger partial charge is 0.493 e. The molecule has 2 atom stereocenters. The minimum Gasteiger partial charge on any atom is -0.493 e. The smallest absolute Gasteiger partial charge is 0.317 e. The summed E-state index contributed by atoms with van der Waals surface area (Å²) in [4.78, 5) is 24.7. The van der Waals surface area contributed by atoms with E-state index in [9.17, 15) is 9.59 Å². The van der Waals surface area contributed by atoms with Crippen LogP contribution in [0.5, 0.6) is 23.0 Å². The standard InChI is InChI=1S/C22H24O7/c1-25-17-7-5-13(11-19(17)27-3)9-15-16(22(24)29-21(15)23)10-14-6-8-18(26-2)20(12-14)28-4/h5-8,11-12,15-16H,9-10H2,1-4H3/t15-,16+. The van der Waals surface area contributed by atoms with Crippen LogP contribution in [0.3, 0.4) is 0 Å². The molecule has 1 heterocycles. The van der Waals surface area contributed by atoms with Gasteiger partial charge in [0, 0.05) is 0 Å². The summed E-state index contributed by atoms with van der Waals surface area (Å²) in [5, 5.41) is 0. The second-order valence-corrected chi connectivity index (χ2v) is 6.74. The van der Waals surface area contributed by atoms with Gasteiger partial charge in [-0.05, 0) is 48.2 Å². The van der Waals surface area contributed by atoms with Crippen molar-refractivity contribution in [3.8, 4) is 23.0 Å². The molecule has 29 heavy (non-hydrogen) atoms. The first-order valence-electron chi connectivity index (χ1n) is 9.18. The summed E-state index contributed by atoms with van der Waals surface area (Å²) >= 11 is 0. The zero-order valence-corrected chi connectivity index (χ0v) is 16.9. The third kappa shape index (κ3) is 4.29. The lowest BCUT2D eigenvalue weighted by Gasteiger charge is -2.16. The van der Waals surface area contributed by atoms with Crippen LogP contribution in [0.25, 0.3) is 0 Å². The van der Waals surface area contributed by atoms with Crippen molar-refractivity contribution >= 4 is 11.9 Å². The molecule has 7 heteroatoms. The van der Waals surface area contributed by atoms with Gasteiger partial charge in [-0.25, -0.2) is 0 Å². The average Bonchev–Trinajstić information content (AvgIpc) is 3.00. The quantitative estimate of drug-likeness (QED) is 0.498. The van der Waals surface area contributed by atoms with E-state index in [0.717, 1.165) is 11.1 Å². The minimum absolute atomic E-state index is 0.364. The van der Waals surface area contributed by atoms with Crippen LogP contribution < -0.4 is 18.9 Å². The first kappa shape index (κ1) is 20.5. The van der Waals surface area contributed by atoms with Crippen LogP contribution >= 0.6 is 0 Å². The van der Waals surface area contributed by atoms with Crippen LogP contribution in [0.2, 0.25) is 0 Å². The zero-order valence-electron chi connectivity index (χ0n) is 16.9. The van der Waals surface area contributed by atoms with Gasteiger partial charge in [-0.3, -0.25) is 9.59 Å². The first-order chi connectivity index (χ1) is 14.0. The molecule has 0 aromatic heterocycles. The second kappa shape index (κ2) is 8.86. The van der Waals surface area contributed by atoms with E-state index in [0.29, 0.717) is 35.8 Å².